The minimum atomic E-state index is -5.76. The maximum atomic E-state index is 13.3. The number of alkyl halides is 5. The molecule has 0 spiro atoms. The molecular weight excluding hydrogens is 243 g/mol. The first kappa shape index (κ1) is 12.3. The first-order chi connectivity index (χ1) is 7.70. The molecule has 0 aromatic heterocycles. The quantitative estimate of drug-likeness (QED) is 0.762. The summed E-state index contributed by atoms with van der Waals surface area (Å²) in [6.45, 7) is 0. The first-order valence-electron chi connectivity index (χ1n) is 4.95. The van der Waals surface area contributed by atoms with E-state index >= 15 is 0 Å². The lowest BCUT2D eigenvalue weighted by Crippen LogP contribution is -2.53. The molecule has 1 aliphatic rings. The van der Waals surface area contributed by atoms with Gasteiger partial charge in [-0.3, -0.25) is 0 Å². The Kier molecular flexibility index (Phi) is 2.47. The van der Waals surface area contributed by atoms with Crippen LogP contribution in [0.3, 0.4) is 0 Å². The number of hydrogen-bond donors (Lipinski definition) is 1. The lowest BCUT2D eigenvalue weighted by molar-refractivity contribution is -0.345. The average Bonchev–Trinajstić information content (AvgIpc) is 2.57. The van der Waals surface area contributed by atoms with Gasteiger partial charge >= 0.3 is 12.1 Å². The Bertz CT molecular complexity index is 440. The van der Waals surface area contributed by atoms with E-state index in [1.807, 2.05) is 0 Å². The summed E-state index contributed by atoms with van der Waals surface area (Å²) in [4.78, 5) is 0. The summed E-state index contributed by atoms with van der Waals surface area (Å²) in [5.74, 6) is -5.15. The molecule has 1 aromatic carbocycles. The summed E-state index contributed by atoms with van der Waals surface area (Å²) in [6.07, 6.45) is -6.38. The Hall–Kier alpha value is -1.17. The molecule has 0 amide bonds. The molecule has 1 aliphatic carbocycles. The molecule has 0 radical (unpaired) electrons. The predicted molar refractivity (Wildman–Crippen MR) is 49.7 cm³/mol. The Labute approximate surface area is 93.9 Å². The van der Waals surface area contributed by atoms with Crippen LogP contribution in [0.15, 0.2) is 24.3 Å². The van der Waals surface area contributed by atoms with E-state index in [1.165, 1.54) is 18.2 Å². The highest BCUT2D eigenvalue weighted by Gasteiger charge is 2.71. The SMILES string of the molecule is OC1(C(F)(F)C(F)(F)F)CCc2ccccc21. The molecule has 1 nitrogen and oxygen atoms in total. The zero-order chi connectivity index (χ0) is 12.9. The van der Waals surface area contributed by atoms with Crippen LogP contribution >= 0.6 is 0 Å². The third-order valence-corrected chi connectivity index (χ3v) is 3.09. The topological polar surface area (TPSA) is 20.2 Å². The van der Waals surface area contributed by atoms with E-state index in [4.69, 9.17) is 0 Å². The molecule has 0 aliphatic heterocycles. The van der Waals surface area contributed by atoms with Gasteiger partial charge in [0.15, 0.2) is 5.60 Å². The van der Waals surface area contributed by atoms with Crippen molar-refractivity contribution in [1.29, 1.82) is 0 Å². The monoisotopic (exact) mass is 252 g/mol. The molecular formula is C11H9F5O. The molecule has 0 saturated heterocycles. The second-order valence-electron chi connectivity index (χ2n) is 4.09. The maximum Gasteiger partial charge on any atom is 0.456 e. The molecule has 0 fully saturated rings. The van der Waals surface area contributed by atoms with Crippen molar-refractivity contribution in [2.45, 2.75) is 30.5 Å². The fourth-order valence-corrected chi connectivity index (χ4v) is 2.15. The number of fused-ring (bicyclic) bond motifs is 1. The van der Waals surface area contributed by atoms with E-state index in [0.717, 1.165) is 6.07 Å². The third-order valence-electron chi connectivity index (χ3n) is 3.09. The van der Waals surface area contributed by atoms with E-state index in [9.17, 15) is 27.1 Å². The minimum absolute atomic E-state index is 0.0122. The third kappa shape index (κ3) is 1.54. The molecule has 0 heterocycles. The lowest BCUT2D eigenvalue weighted by atomic mass is 9.88. The molecule has 0 bridgehead atoms. The van der Waals surface area contributed by atoms with Gasteiger partial charge in [0, 0.05) is 0 Å². The highest BCUT2D eigenvalue weighted by Crippen LogP contribution is 2.53. The molecule has 1 unspecified atom stereocenters. The van der Waals surface area contributed by atoms with Gasteiger partial charge in [0.05, 0.1) is 0 Å². The van der Waals surface area contributed by atoms with Gasteiger partial charge in [0.1, 0.15) is 0 Å². The minimum Gasteiger partial charge on any atom is -0.378 e. The van der Waals surface area contributed by atoms with Crippen LogP contribution < -0.4 is 0 Å². The van der Waals surface area contributed by atoms with Crippen molar-refractivity contribution >= 4 is 0 Å². The Morgan fingerprint density at radius 3 is 2.24 bits per heavy atom. The predicted octanol–water partition coefficient (Wildman–Crippen LogP) is 3.02. The summed E-state index contributed by atoms with van der Waals surface area (Å²) in [6, 6.07) is 5.43. The zero-order valence-electron chi connectivity index (χ0n) is 8.56. The zero-order valence-corrected chi connectivity index (χ0v) is 8.56. The van der Waals surface area contributed by atoms with Crippen LogP contribution in [0, 0.1) is 0 Å². The fraction of sp³-hybridized carbons (Fsp3) is 0.455. The second kappa shape index (κ2) is 3.41. The smallest absolute Gasteiger partial charge is 0.378 e. The normalized spacial score (nSPS) is 24.8. The van der Waals surface area contributed by atoms with E-state index < -0.39 is 24.1 Å². The summed E-state index contributed by atoms with van der Waals surface area (Å²) in [7, 11) is 0. The molecule has 1 atom stereocenters. The van der Waals surface area contributed by atoms with Crippen LogP contribution in [-0.2, 0) is 12.0 Å². The van der Waals surface area contributed by atoms with Crippen molar-refractivity contribution in [3.05, 3.63) is 35.4 Å². The molecule has 6 heteroatoms. The number of benzene rings is 1. The van der Waals surface area contributed by atoms with Gasteiger partial charge in [-0.15, -0.1) is 0 Å². The standard InChI is InChI=1S/C11H9F5O/c12-10(13,11(14,15)16)9(17)6-5-7-3-1-2-4-8(7)9/h1-4,17H,5-6H2. The first-order valence-corrected chi connectivity index (χ1v) is 4.95. The van der Waals surface area contributed by atoms with Crippen molar-refractivity contribution in [2.75, 3.05) is 0 Å². The van der Waals surface area contributed by atoms with Crippen molar-refractivity contribution in [2.24, 2.45) is 0 Å². The van der Waals surface area contributed by atoms with Crippen LogP contribution in [0.4, 0.5) is 22.0 Å². The van der Waals surface area contributed by atoms with Crippen LogP contribution in [-0.4, -0.2) is 17.2 Å². The molecule has 1 N–H and O–H groups in total. The molecule has 17 heavy (non-hydrogen) atoms. The highest BCUT2D eigenvalue weighted by molar-refractivity contribution is 5.39. The van der Waals surface area contributed by atoms with Gasteiger partial charge < -0.3 is 5.11 Å². The fourth-order valence-electron chi connectivity index (χ4n) is 2.15. The van der Waals surface area contributed by atoms with Gasteiger partial charge in [-0.25, -0.2) is 0 Å². The summed E-state index contributed by atoms with van der Waals surface area (Å²) < 4.78 is 63.6. The number of rotatable bonds is 1. The van der Waals surface area contributed by atoms with Crippen molar-refractivity contribution in [3.8, 4) is 0 Å². The molecule has 1 aromatic rings. The molecule has 94 valence electrons. The Morgan fingerprint density at radius 2 is 1.65 bits per heavy atom. The van der Waals surface area contributed by atoms with Gasteiger partial charge in [-0.05, 0) is 24.0 Å². The van der Waals surface area contributed by atoms with E-state index in [-0.39, 0.29) is 12.0 Å². The van der Waals surface area contributed by atoms with Gasteiger partial charge in [0.25, 0.3) is 0 Å². The van der Waals surface area contributed by atoms with E-state index in [0.29, 0.717) is 5.56 Å². The summed E-state index contributed by atoms with van der Waals surface area (Å²) in [5.41, 5.74) is -3.15. The van der Waals surface area contributed by atoms with Crippen molar-refractivity contribution < 1.29 is 27.1 Å². The molecule has 0 saturated carbocycles. The van der Waals surface area contributed by atoms with Crippen LogP contribution in [0.5, 0.6) is 0 Å². The number of halogens is 5. The van der Waals surface area contributed by atoms with E-state index in [1.54, 1.807) is 0 Å². The highest BCUT2D eigenvalue weighted by atomic mass is 19.4. The van der Waals surface area contributed by atoms with Crippen LogP contribution in [0.2, 0.25) is 0 Å². The van der Waals surface area contributed by atoms with Crippen molar-refractivity contribution in [1.82, 2.24) is 0 Å². The lowest BCUT2D eigenvalue weighted by Gasteiger charge is -2.34. The van der Waals surface area contributed by atoms with Gasteiger partial charge in [-0.1, -0.05) is 24.3 Å². The van der Waals surface area contributed by atoms with Crippen LogP contribution in [0.1, 0.15) is 17.5 Å². The second-order valence-corrected chi connectivity index (χ2v) is 4.09. The summed E-state index contributed by atoms with van der Waals surface area (Å²) >= 11 is 0. The number of aryl methyl sites for hydroxylation is 1. The van der Waals surface area contributed by atoms with Crippen molar-refractivity contribution in [3.63, 3.8) is 0 Å². The van der Waals surface area contributed by atoms with Crippen LogP contribution in [0.25, 0.3) is 0 Å². The number of aliphatic hydroxyl groups is 1. The van der Waals surface area contributed by atoms with Gasteiger partial charge in [0.2, 0.25) is 0 Å². The van der Waals surface area contributed by atoms with Gasteiger partial charge in [-0.2, -0.15) is 22.0 Å². The molecule has 2 rings (SSSR count). The summed E-state index contributed by atoms with van der Waals surface area (Å²) in [5, 5.41) is 9.74. The maximum absolute atomic E-state index is 13.3. The Morgan fingerprint density at radius 1 is 1.06 bits per heavy atom. The Balaban J connectivity index is 2.54. The van der Waals surface area contributed by atoms with E-state index in [2.05, 4.69) is 0 Å². The number of hydrogen-bond acceptors (Lipinski definition) is 1. The average molecular weight is 252 g/mol. The largest absolute Gasteiger partial charge is 0.456 e.